The summed E-state index contributed by atoms with van der Waals surface area (Å²) in [4.78, 5) is 24.6. The van der Waals surface area contributed by atoms with Gasteiger partial charge in [-0.3, -0.25) is 9.59 Å². The van der Waals surface area contributed by atoms with Crippen LogP contribution in [0.4, 0.5) is 0 Å². The number of esters is 2. The van der Waals surface area contributed by atoms with Gasteiger partial charge in [-0.05, 0) is 44.4 Å². The lowest BCUT2D eigenvalue weighted by molar-refractivity contribution is -0.156. The van der Waals surface area contributed by atoms with Crippen LogP contribution in [0.3, 0.4) is 0 Å². The Bertz CT molecular complexity index is 427. The Labute approximate surface area is 179 Å². The summed E-state index contributed by atoms with van der Waals surface area (Å²) in [5.74, 6) is 0.294. The number of ether oxygens (including phenoxy) is 2. The van der Waals surface area contributed by atoms with Crippen LogP contribution in [-0.2, 0) is 19.1 Å². The highest BCUT2D eigenvalue weighted by Gasteiger charge is 2.31. The van der Waals surface area contributed by atoms with Gasteiger partial charge in [-0.15, -0.1) is 0 Å². The molecule has 4 heteroatoms. The van der Waals surface area contributed by atoms with Crippen molar-refractivity contribution in [2.75, 3.05) is 13.2 Å². The van der Waals surface area contributed by atoms with Gasteiger partial charge in [0.2, 0.25) is 0 Å². The van der Waals surface area contributed by atoms with Crippen LogP contribution in [0, 0.1) is 17.8 Å². The van der Waals surface area contributed by atoms with E-state index in [0.717, 1.165) is 51.4 Å². The summed E-state index contributed by atoms with van der Waals surface area (Å²) >= 11 is 0. The van der Waals surface area contributed by atoms with E-state index < -0.39 is 0 Å². The molecule has 0 heterocycles. The zero-order chi connectivity index (χ0) is 21.3. The Morgan fingerprint density at radius 3 is 1.79 bits per heavy atom. The molecule has 0 N–H and O–H groups in total. The predicted octanol–water partition coefficient (Wildman–Crippen LogP) is 6.85. The lowest BCUT2D eigenvalue weighted by Gasteiger charge is -2.26. The van der Waals surface area contributed by atoms with Crippen LogP contribution in [0.2, 0.25) is 0 Å². The van der Waals surface area contributed by atoms with Crippen molar-refractivity contribution >= 4 is 11.9 Å². The fourth-order valence-electron chi connectivity index (χ4n) is 4.13. The van der Waals surface area contributed by atoms with Gasteiger partial charge in [0.1, 0.15) is 0 Å². The molecule has 0 spiro atoms. The maximum atomic E-state index is 12.4. The summed E-state index contributed by atoms with van der Waals surface area (Å²) in [6.45, 7) is 7.68. The minimum atomic E-state index is -0.0617. The van der Waals surface area contributed by atoms with Crippen molar-refractivity contribution in [2.24, 2.45) is 17.8 Å². The maximum absolute atomic E-state index is 12.4. The van der Waals surface area contributed by atoms with Gasteiger partial charge in [-0.1, -0.05) is 78.6 Å². The molecule has 1 rings (SSSR count). The third-order valence-corrected chi connectivity index (χ3v) is 6.39. The first-order valence-corrected chi connectivity index (χ1v) is 12.5. The largest absolute Gasteiger partial charge is 0.465 e. The molecular formula is C25H46O4. The zero-order valence-electron chi connectivity index (χ0n) is 19.4. The van der Waals surface area contributed by atoms with E-state index in [1.54, 1.807) is 0 Å². The standard InChI is InChI=1S/C25H46O4/c1-4-7-9-10-11-12-13-19-28-24(26)22-15-17-23(18-16-22)25(27)29-20-21(6-3)14-8-5-2/h21-23H,4-20H2,1-3H3. The predicted molar refractivity (Wildman–Crippen MR) is 119 cm³/mol. The van der Waals surface area contributed by atoms with E-state index >= 15 is 0 Å². The van der Waals surface area contributed by atoms with Gasteiger partial charge in [-0.2, -0.15) is 0 Å². The van der Waals surface area contributed by atoms with E-state index in [1.807, 2.05) is 0 Å². The third kappa shape index (κ3) is 11.6. The normalized spacial score (nSPS) is 20.2. The molecule has 0 aromatic carbocycles. The van der Waals surface area contributed by atoms with Crippen LogP contribution in [0.25, 0.3) is 0 Å². The van der Waals surface area contributed by atoms with Crippen LogP contribution in [0.5, 0.6) is 0 Å². The molecule has 1 aliphatic rings. The summed E-state index contributed by atoms with van der Waals surface area (Å²) in [7, 11) is 0. The van der Waals surface area contributed by atoms with Gasteiger partial charge in [0, 0.05) is 0 Å². The molecule has 0 aliphatic heterocycles. The first kappa shape index (κ1) is 26.0. The zero-order valence-corrected chi connectivity index (χ0v) is 19.4. The van der Waals surface area contributed by atoms with Crippen molar-refractivity contribution in [3.05, 3.63) is 0 Å². The minimum absolute atomic E-state index is 0.0310. The van der Waals surface area contributed by atoms with Crippen molar-refractivity contribution in [1.29, 1.82) is 0 Å². The van der Waals surface area contributed by atoms with E-state index in [1.165, 1.54) is 44.9 Å². The van der Waals surface area contributed by atoms with Crippen molar-refractivity contribution in [3.8, 4) is 0 Å². The summed E-state index contributed by atoms with van der Waals surface area (Å²) in [6.07, 6.45) is 16.1. The lowest BCUT2D eigenvalue weighted by atomic mass is 9.82. The van der Waals surface area contributed by atoms with Crippen LogP contribution >= 0.6 is 0 Å². The number of hydrogen-bond donors (Lipinski definition) is 0. The van der Waals surface area contributed by atoms with Gasteiger partial charge < -0.3 is 9.47 Å². The second-order valence-corrected chi connectivity index (χ2v) is 8.88. The quantitative estimate of drug-likeness (QED) is 0.206. The summed E-state index contributed by atoms with van der Waals surface area (Å²) in [5, 5.41) is 0. The average Bonchev–Trinajstić information content (AvgIpc) is 2.75. The van der Waals surface area contributed by atoms with Crippen LogP contribution < -0.4 is 0 Å². The molecule has 1 unspecified atom stereocenters. The topological polar surface area (TPSA) is 52.6 Å². The molecule has 0 radical (unpaired) electrons. The summed E-state index contributed by atoms with van der Waals surface area (Å²) in [6, 6.07) is 0. The Balaban J connectivity index is 2.13. The fraction of sp³-hybridized carbons (Fsp3) is 0.920. The molecule has 0 bridgehead atoms. The van der Waals surface area contributed by atoms with E-state index in [2.05, 4.69) is 20.8 Å². The first-order chi connectivity index (χ1) is 14.1. The molecule has 1 saturated carbocycles. The van der Waals surface area contributed by atoms with Crippen molar-refractivity contribution < 1.29 is 19.1 Å². The average molecular weight is 411 g/mol. The molecule has 0 aromatic heterocycles. The molecule has 170 valence electrons. The monoisotopic (exact) mass is 410 g/mol. The number of hydrogen-bond acceptors (Lipinski definition) is 4. The molecule has 0 saturated heterocycles. The van der Waals surface area contributed by atoms with Crippen molar-refractivity contribution in [1.82, 2.24) is 0 Å². The van der Waals surface area contributed by atoms with E-state index in [-0.39, 0.29) is 23.8 Å². The smallest absolute Gasteiger partial charge is 0.308 e. The van der Waals surface area contributed by atoms with Crippen molar-refractivity contribution in [3.63, 3.8) is 0 Å². The third-order valence-electron chi connectivity index (χ3n) is 6.39. The van der Waals surface area contributed by atoms with Gasteiger partial charge in [-0.25, -0.2) is 0 Å². The Hall–Kier alpha value is -1.06. The highest BCUT2D eigenvalue weighted by Crippen LogP contribution is 2.30. The molecule has 1 aliphatic carbocycles. The Morgan fingerprint density at radius 2 is 1.24 bits per heavy atom. The second-order valence-electron chi connectivity index (χ2n) is 8.88. The second kappa shape index (κ2) is 16.7. The summed E-state index contributed by atoms with van der Waals surface area (Å²) in [5.41, 5.74) is 0. The molecule has 29 heavy (non-hydrogen) atoms. The Kier molecular flexibility index (Phi) is 15.0. The highest BCUT2D eigenvalue weighted by molar-refractivity contribution is 5.75. The van der Waals surface area contributed by atoms with Gasteiger partial charge >= 0.3 is 11.9 Å². The van der Waals surface area contributed by atoms with E-state index in [4.69, 9.17) is 9.47 Å². The van der Waals surface area contributed by atoms with Gasteiger partial charge in [0.05, 0.1) is 25.0 Å². The molecule has 4 nitrogen and oxygen atoms in total. The molecular weight excluding hydrogens is 364 g/mol. The highest BCUT2D eigenvalue weighted by atomic mass is 16.5. The number of carbonyl (C=O) groups is 2. The molecule has 0 aromatic rings. The first-order valence-electron chi connectivity index (χ1n) is 12.5. The van der Waals surface area contributed by atoms with Crippen molar-refractivity contribution in [2.45, 2.75) is 117 Å². The lowest BCUT2D eigenvalue weighted by Crippen LogP contribution is -2.29. The SMILES string of the molecule is CCCCCCCCCOC(=O)C1CCC(C(=O)OCC(CC)CCCC)CC1. The fourth-order valence-corrected chi connectivity index (χ4v) is 4.13. The van der Waals surface area contributed by atoms with E-state index in [9.17, 15) is 9.59 Å². The number of rotatable bonds is 16. The van der Waals surface area contributed by atoms with Gasteiger partial charge in [0.25, 0.3) is 0 Å². The molecule has 1 atom stereocenters. The minimum Gasteiger partial charge on any atom is -0.465 e. The van der Waals surface area contributed by atoms with Crippen LogP contribution in [0.15, 0.2) is 0 Å². The Morgan fingerprint density at radius 1 is 0.724 bits per heavy atom. The number of unbranched alkanes of at least 4 members (excludes halogenated alkanes) is 7. The summed E-state index contributed by atoms with van der Waals surface area (Å²) < 4.78 is 11.1. The maximum Gasteiger partial charge on any atom is 0.308 e. The number of carbonyl (C=O) groups excluding carboxylic acids is 2. The molecule has 1 fully saturated rings. The van der Waals surface area contributed by atoms with Crippen LogP contribution in [-0.4, -0.2) is 25.2 Å². The molecule has 0 amide bonds. The van der Waals surface area contributed by atoms with Crippen LogP contribution in [0.1, 0.15) is 117 Å². The van der Waals surface area contributed by atoms with E-state index in [0.29, 0.717) is 19.1 Å². The van der Waals surface area contributed by atoms with Gasteiger partial charge in [0.15, 0.2) is 0 Å².